The van der Waals surface area contributed by atoms with Gasteiger partial charge in [0.15, 0.2) is 0 Å². The lowest BCUT2D eigenvalue weighted by Crippen LogP contribution is -2.26. The number of likely N-dealkylation sites (N-methyl/N-ethyl adjacent to an activating group) is 1. The molecule has 1 atom stereocenters. The summed E-state index contributed by atoms with van der Waals surface area (Å²) in [5.41, 5.74) is 0. The highest BCUT2D eigenvalue weighted by molar-refractivity contribution is 4.91. The summed E-state index contributed by atoms with van der Waals surface area (Å²) in [7, 11) is 8.40. The van der Waals surface area contributed by atoms with Crippen molar-refractivity contribution in [2.75, 3.05) is 28.2 Å². The Bertz CT molecular complexity index is 139. The molecule has 0 fully saturated rings. The third-order valence-electron chi connectivity index (χ3n) is 2.12. The van der Waals surface area contributed by atoms with Crippen molar-refractivity contribution in [3.05, 3.63) is 12.3 Å². The Hall–Kier alpha value is -0.500. The van der Waals surface area contributed by atoms with Gasteiger partial charge in [-0.25, -0.2) is 0 Å². The van der Waals surface area contributed by atoms with Gasteiger partial charge in [0.1, 0.15) is 0 Å². The second-order valence-corrected chi connectivity index (χ2v) is 3.98. The summed E-state index contributed by atoms with van der Waals surface area (Å²) in [6.45, 7) is 2.24. The fourth-order valence-electron chi connectivity index (χ4n) is 1.21. The van der Waals surface area contributed by atoms with E-state index < -0.39 is 0 Å². The van der Waals surface area contributed by atoms with E-state index in [0.717, 1.165) is 0 Å². The van der Waals surface area contributed by atoms with Crippen molar-refractivity contribution < 1.29 is 0 Å². The van der Waals surface area contributed by atoms with E-state index in [4.69, 9.17) is 0 Å². The van der Waals surface area contributed by atoms with Crippen molar-refractivity contribution in [2.45, 2.75) is 32.2 Å². The molecule has 0 N–H and O–H groups in total. The molecule has 0 saturated carbocycles. The van der Waals surface area contributed by atoms with Gasteiger partial charge in [0.2, 0.25) is 0 Å². The molecule has 0 bridgehead atoms. The fraction of sp³-hybridized carbons (Fsp3) is 0.818. The first-order valence-corrected chi connectivity index (χ1v) is 5.09. The predicted molar refractivity (Wildman–Crippen MR) is 59.8 cm³/mol. The molecule has 0 aliphatic heterocycles. The van der Waals surface area contributed by atoms with Crippen molar-refractivity contribution in [3.63, 3.8) is 0 Å². The van der Waals surface area contributed by atoms with Gasteiger partial charge in [0, 0.05) is 20.1 Å². The summed E-state index contributed by atoms with van der Waals surface area (Å²) >= 11 is 0. The number of unbranched alkanes of at least 4 members (excludes halogenated alkanes) is 1. The van der Waals surface area contributed by atoms with Crippen LogP contribution in [0.5, 0.6) is 0 Å². The highest BCUT2D eigenvalue weighted by atomic mass is 15.1. The van der Waals surface area contributed by atoms with Gasteiger partial charge in [0.05, 0.1) is 0 Å². The minimum absolute atomic E-state index is 0.586. The topological polar surface area (TPSA) is 6.48 Å². The molecule has 2 heteroatoms. The maximum atomic E-state index is 2.27. The van der Waals surface area contributed by atoms with Crippen LogP contribution in [0.4, 0.5) is 0 Å². The van der Waals surface area contributed by atoms with Crippen LogP contribution in [0.15, 0.2) is 12.3 Å². The molecule has 13 heavy (non-hydrogen) atoms. The van der Waals surface area contributed by atoms with Crippen LogP contribution in [-0.4, -0.2) is 44.0 Å². The van der Waals surface area contributed by atoms with E-state index >= 15 is 0 Å². The molecule has 0 saturated heterocycles. The lowest BCUT2D eigenvalue weighted by molar-refractivity contribution is 0.319. The number of nitrogens with zero attached hydrogens (tertiary/aromatic N) is 2. The van der Waals surface area contributed by atoms with Gasteiger partial charge < -0.3 is 9.80 Å². The molecule has 0 spiro atoms. The van der Waals surface area contributed by atoms with Gasteiger partial charge in [-0.15, -0.1) is 0 Å². The molecular weight excluding hydrogens is 160 g/mol. The minimum Gasteiger partial charge on any atom is -0.384 e. The standard InChI is InChI=1S/C11H24N2/c1-6-7-8-11(13(4)5)9-10-12(2)3/h9-11H,6-8H2,1-5H3/b10-9+. The zero-order valence-electron chi connectivity index (χ0n) is 9.75. The van der Waals surface area contributed by atoms with Crippen molar-refractivity contribution in [3.8, 4) is 0 Å². The van der Waals surface area contributed by atoms with E-state index in [-0.39, 0.29) is 0 Å². The van der Waals surface area contributed by atoms with Gasteiger partial charge in [-0.1, -0.05) is 25.8 Å². The van der Waals surface area contributed by atoms with Gasteiger partial charge >= 0.3 is 0 Å². The third-order valence-corrected chi connectivity index (χ3v) is 2.12. The van der Waals surface area contributed by atoms with Crippen molar-refractivity contribution in [1.29, 1.82) is 0 Å². The average molecular weight is 184 g/mol. The quantitative estimate of drug-likeness (QED) is 0.624. The SMILES string of the molecule is CCCCC(/C=C/N(C)C)N(C)C. The van der Waals surface area contributed by atoms with E-state index in [1.54, 1.807) is 0 Å². The zero-order valence-corrected chi connectivity index (χ0v) is 9.75. The maximum Gasteiger partial charge on any atom is 0.0288 e. The first-order valence-electron chi connectivity index (χ1n) is 5.09. The van der Waals surface area contributed by atoms with Crippen molar-refractivity contribution >= 4 is 0 Å². The molecule has 0 aliphatic carbocycles. The van der Waals surface area contributed by atoms with E-state index in [9.17, 15) is 0 Å². The number of hydrogen-bond acceptors (Lipinski definition) is 2. The molecule has 0 aliphatic rings. The summed E-state index contributed by atoms with van der Waals surface area (Å²) in [5.74, 6) is 0. The van der Waals surface area contributed by atoms with E-state index in [1.165, 1.54) is 19.3 Å². The Morgan fingerprint density at radius 1 is 1.15 bits per heavy atom. The average Bonchev–Trinajstić information content (AvgIpc) is 2.03. The van der Waals surface area contributed by atoms with E-state index in [2.05, 4.69) is 57.2 Å². The van der Waals surface area contributed by atoms with Gasteiger partial charge in [-0.3, -0.25) is 0 Å². The second-order valence-electron chi connectivity index (χ2n) is 3.98. The van der Waals surface area contributed by atoms with Gasteiger partial charge in [-0.2, -0.15) is 0 Å². The Kier molecular flexibility index (Phi) is 6.69. The Morgan fingerprint density at radius 3 is 2.15 bits per heavy atom. The molecule has 0 aromatic heterocycles. The van der Waals surface area contributed by atoms with Crippen LogP contribution in [0, 0.1) is 0 Å². The molecule has 0 radical (unpaired) electrons. The highest BCUT2D eigenvalue weighted by Crippen LogP contribution is 2.07. The first-order chi connectivity index (χ1) is 6.07. The van der Waals surface area contributed by atoms with Gasteiger partial charge in [0.25, 0.3) is 0 Å². The maximum absolute atomic E-state index is 2.27. The van der Waals surface area contributed by atoms with Crippen LogP contribution in [0.25, 0.3) is 0 Å². The van der Waals surface area contributed by atoms with Crippen LogP contribution >= 0.6 is 0 Å². The van der Waals surface area contributed by atoms with Crippen LogP contribution in [0.1, 0.15) is 26.2 Å². The Labute approximate surface area is 83.2 Å². The van der Waals surface area contributed by atoms with Crippen LogP contribution in [0.3, 0.4) is 0 Å². The molecule has 1 unspecified atom stereocenters. The van der Waals surface area contributed by atoms with Crippen molar-refractivity contribution in [1.82, 2.24) is 9.80 Å². The summed E-state index contributed by atoms with van der Waals surface area (Å²) in [6.07, 6.45) is 8.25. The summed E-state index contributed by atoms with van der Waals surface area (Å²) in [6, 6.07) is 0.586. The molecule has 0 aromatic carbocycles. The van der Waals surface area contributed by atoms with Crippen LogP contribution in [0.2, 0.25) is 0 Å². The highest BCUT2D eigenvalue weighted by Gasteiger charge is 2.05. The molecule has 2 nitrogen and oxygen atoms in total. The number of rotatable bonds is 6. The lowest BCUT2D eigenvalue weighted by atomic mass is 10.1. The summed E-state index contributed by atoms with van der Waals surface area (Å²) < 4.78 is 0. The minimum atomic E-state index is 0.586. The van der Waals surface area contributed by atoms with E-state index in [1.807, 2.05) is 0 Å². The molecule has 78 valence electrons. The van der Waals surface area contributed by atoms with Crippen LogP contribution in [-0.2, 0) is 0 Å². The summed E-state index contributed by atoms with van der Waals surface area (Å²) in [5, 5.41) is 0. The van der Waals surface area contributed by atoms with Crippen LogP contribution < -0.4 is 0 Å². The molecule has 0 rings (SSSR count). The molecule has 0 aromatic rings. The molecular formula is C11H24N2. The summed E-state index contributed by atoms with van der Waals surface area (Å²) in [4.78, 5) is 4.36. The van der Waals surface area contributed by atoms with Crippen molar-refractivity contribution in [2.24, 2.45) is 0 Å². The number of hydrogen-bond donors (Lipinski definition) is 0. The van der Waals surface area contributed by atoms with Gasteiger partial charge in [-0.05, 0) is 26.7 Å². The largest absolute Gasteiger partial charge is 0.384 e. The lowest BCUT2D eigenvalue weighted by Gasteiger charge is -2.21. The van der Waals surface area contributed by atoms with E-state index in [0.29, 0.717) is 6.04 Å². The normalized spacial score (nSPS) is 14.0. The Morgan fingerprint density at radius 2 is 1.77 bits per heavy atom. The molecule has 0 amide bonds. The third kappa shape index (κ3) is 6.64. The second kappa shape index (κ2) is 6.96. The zero-order chi connectivity index (χ0) is 10.3. The fourth-order valence-corrected chi connectivity index (χ4v) is 1.21. The monoisotopic (exact) mass is 184 g/mol. The first kappa shape index (κ1) is 12.5. The smallest absolute Gasteiger partial charge is 0.0288 e. The predicted octanol–water partition coefficient (Wildman–Crippen LogP) is 2.18. The molecule has 0 heterocycles. The Balaban J connectivity index is 3.94.